The fourth-order valence-corrected chi connectivity index (χ4v) is 5.92. The molecule has 2 rings (SSSR count). The molecule has 106 valence electrons. The van der Waals surface area contributed by atoms with Gasteiger partial charge in [-0.25, -0.2) is 0 Å². The van der Waals surface area contributed by atoms with Crippen LogP contribution in [0.2, 0.25) is 0 Å². The van der Waals surface area contributed by atoms with E-state index in [9.17, 15) is 0 Å². The first-order valence-electron chi connectivity index (χ1n) is 7.08. The van der Waals surface area contributed by atoms with Crippen LogP contribution in [0.3, 0.4) is 0 Å². The van der Waals surface area contributed by atoms with Gasteiger partial charge in [0.15, 0.2) is 0 Å². The van der Waals surface area contributed by atoms with E-state index in [2.05, 4.69) is 74.9 Å². The van der Waals surface area contributed by atoms with E-state index in [4.69, 9.17) is 0 Å². The maximum atomic E-state index is 3.56. The number of hydrogen-bond acceptors (Lipinski definition) is 3. The van der Waals surface area contributed by atoms with Gasteiger partial charge in [0.2, 0.25) is 0 Å². The lowest BCUT2D eigenvalue weighted by molar-refractivity contribution is 0.530. The van der Waals surface area contributed by atoms with Crippen molar-refractivity contribution in [3.8, 4) is 0 Å². The predicted molar refractivity (Wildman–Crippen MR) is 90.6 cm³/mol. The number of likely N-dealkylation sites (N-methyl/N-ethyl adjacent to an activating group) is 1. The fourth-order valence-electron chi connectivity index (χ4n) is 2.92. The van der Waals surface area contributed by atoms with E-state index in [1.807, 2.05) is 0 Å². The van der Waals surface area contributed by atoms with Crippen LogP contribution in [0, 0.1) is 13.8 Å². The molecule has 19 heavy (non-hydrogen) atoms. The number of benzene rings is 1. The van der Waals surface area contributed by atoms with Gasteiger partial charge in [-0.2, -0.15) is 23.5 Å². The second-order valence-corrected chi connectivity index (χ2v) is 8.28. The molecule has 1 fully saturated rings. The third-order valence-corrected chi connectivity index (χ3v) is 6.99. The minimum absolute atomic E-state index is 0.578. The maximum absolute atomic E-state index is 3.56. The van der Waals surface area contributed by atoms with Crippen molar-refractivity contribution in [1.82, 2.24) is 5.32 Å². The largest absolute Gasteiger partial charge is 0.316 e. The highest BCUT2D eigenvalue weighted by molar-refractivity contribution is 8.07. The monoisotopic (exact) mass is 295 g/mol. The Kier molecular flexibility index (Phi) is 5.67. The molecule has 1 aromatic rings. The fraction of sp³-hybridized carbons (Fsp3) is 0.625. The quantitative estimate of drug-likeness (QED) is 0.910. The van der Waals surface area contributed by atoms with Crippen molar-refractivity contribution in [2.45, 2.75) is 43.7 Å². The summed E-state index contributed by atoms with van der Waals surface area (Å²) in [5.74, 6) is 2.60. The molecule has 0 aliphatic carbocycles. The van der Waals surface area contributed by atoms with Crippen LogP contribution in [-0.2, 0) is 6.42 Å². The topological polar surface area (TPSA) is 12.0 Å². The molecule has 0 bridgehead atoms. The van der Waals surface area contributed by atoms with Crippen LogP contribution in [0.15, 0.2) is 18.2 Å². The minimum atomic E-state index is 0.578. The molecule has 0 spiro atoms. The lowest BCUT2D eigenvalue weighted by Gasteiger charge is -2.34. The van der Waals surface area contributed by atoms with E-state index in [0.29, 0.717) is 6.04 Å². The summed E-state index contributed by atoms with van der Waals surface area (Å²) < 4.78 is 0. The Morgan fingerprint density at radius 1 is 1.16 bits per heavy atom. The van der Waals surface area contributed by atoms with E-state index < -0.39 is 0 Å². The zero-order chi connectivity index (χ0) is 13.8. The van der Waals surface area contributed by atoms with Crippen molar-refractivity contribution in [1.29, 1.82) is 0 Å². The molecule has 0 saturated carbocycles. The molecular weight excluding hydrogens is 270 g/mol. The Balaban J connectivity index is 2.09. The summed E-state index contributed by atoms with van der Waals surface area (Å²) >= 11 is 4.27. The van der Waals surface area contributed by atoms with Crippen LogP contribution >= 0.6 is 23.5 Å². The lowest BCUT2D eigenvalue weighted by Crippen LogP contribution is -2.44. The van der Waals surface area contributed by atoms with Gasteiger partial charge >= 0.3 is 0 Å². The average molecular weight is 296 g/mol. The molecular formula is C16H25NS2. The Morgan fingerprint density at radius 2 is 1.79 bits per heavy atom. The van der Waals surface area contributed by atoms with Gasteiger partial charge in [-0.05, 0) is 32.9 Å². The highest BCUT2D eigenvalue weighted by Gasteiger charge is 2.29. The Morgan fingerprint density at radius 3 is 2.37 bits per heavy atom. The Labute approximate surface area is 126 Å². The molecule has 1 N–H and O–H groups in total. The Bertz CT molecular complexity index is 399. The normalized spacial score (nSPS) is 25.3. The summed E-state index contributed by atoms with van der Waals surface area (Å²) in [5, 5.41) is 5.03. The van der Waals surface area contributed by atoms with Gasteiger partial charge in [0, 0.05) is 28.0 Å². The molecule has 1 saturated heterocycles. The molecule has 3 heteroatoms. The van der Waals surface area contributed by atoms with Gasteiger partial charge in [-0.15, -0.1) is 0 Å². The zero-order valence-corrected chi connectivity index (χ0v) is 14.0. The van der Waals surface area contributed by atoms with Crippen molar-refractivity contribution < 1.29 is 0 Å². The molecule has 3 atom stereocenters. The average Bonchev–Trinajstić information content (AvgIpc) is 2.36. The van der Waals surface area contributed by atoms with Crippen molar-refractivity contribution in [2.24, 2.45) is 0 Å². The van der Waals surface area contributed by atoms with Gasteiger partial charge in [0.05, 0.1) is 0 Å². The van der Waals surface area contributed by atoms with Gasteiger partial charge in [0.25, 0.3) is 0 Å². The minimum Gasteiger partial charge on any atom is -0.316 e. The van der Waals surface area contributed by atoms with E-state index in [-0.39, 0.29) is 0 Å². The summed E-state index contributed by atoms with van der Waals surface area (Å²) in [6.45, 7) is 6.77. The zero-order valence-electron chi connectivity index (χ0n) is 12.4. The van der Waals surface area contributed by atoms with E-state index in [1.165, 1.54) is 28.2 Å². The van der Waals surface area contributed by atoms with E-state index >= 15 is 0 Å². The number of rotatable bonds is 4. The maximum Gasteiger partial charge on any atom is 0.0320 e. The third kappa shape index (κ3) is 4.17. The molecule has 0 radical (unpaired) electrons. The van der Waals surface area contributed by atoms with Crippen molar-refractivity contribution in [2.75, 3.05) is 18.6 Å². The SMILES string of the molecule is CNC(Cc1cc(C)cc(C)c1)C1SCCSC1C. The van der Waals surface area contributed by atoms with Crippen LogP contribution in [0.5, 0.6) is 0 Å². The molecule has 1 aromatic carbocycles. The molecule has 1 aliphatic heterocycles. The highest BCUT2D eigenvalue weighted by atomic mass is 32.2. The lowest BCUT2D eigenvalue weighted by atomic mass is 9.98. The van der Waals surface area contributed by atoms with Crippen molar-refractivity contribution in [3.63, 3.8) is 0 Å². The van der Waals surface area contributed by atoms with Gasteiger partial charge < -0.3 is 5.32 Å². The van der Waals surface area contributed by atoms with Crippen molar-refractivity contribution in [3.05, 3.63) is 34.9 Å². The number of aryl methyl sites for hydroxylation is 2. The van der Waals surface area contributed by atoms with Crippen LogP contribution in [0.1, 0.15) is 23.6 Å². The molecule has 0 aromatic heterocycles. The Hall–Kier alpha value is -0.120. The van der Waals surface area contributed by atoms with E-state index in [1.54, 1.807) is 0 Å². The van der Waals surface area contributed by atoms with Gasteiger partial charge in [-0.1, -0.05) is 36.2 Å². The first-order valence-corrected chi connectivity index (χ1v) is 9.17. The molecule has 1 heterocycles. The summed E-state index contributed by atoms with van der Waals surface area (Å²) in [6.07, 6.45) is 1.14. The first-order chi connectivity index (χ1) is 9.10. The van der Waals surface area contributed by atoms with Crippen LogP contribution in [0.4, 0.5) is 0 Å². The van der Waals surface area contributed by atoms with Crippen LogP contribution in [0.25, 0.3) is 0 Å². The summed E-state index contributed by atoms with van der Waals surface area (Å²) in [6, 6.07) is 7.51. The number of thioether (sulfide) groups is 2. The first kappa shape index (κ1) is 15.3. The number of hydrogen-bond donors (Lipinski definition) is 1. The highest BCUT2D eigenvalue weighted by Crippen LogP contribution is 2.34. The second kappa shape index (κ2) is 7.05. The molecule has 3 unspecified atom stereocenters. The summed E-state index contributed by atoms with van der Waals surface area (Å²) in [4.78, 5) is 0. The van der Waals surface area contributed by atoms with Crippen LogP contribution in [-0.4, -0.2) is 35.1 Å². The third-order valence-electron chi connectivity index (χ3n) is 3.74. The summed E-state index contributed by atoms with van der Waals surface area (Å²) in [5.41, 5.74) is 4.23. The van der Waals surface area contributed by atoms with Crippen molar-refractivity contribution >= 4 is 23.5 Å². The smallest absolute Gasteiger partial charge is 0.0320 e. The van der Waals surface area contributed by atoms with Gasteiger partial charge in [-0.3, -0.25) is 0 Å². The van der Waals surface area contributed by atoms with E-state index in [0.717, 1.165) is 16.9 Å². The molecule has 0 amide bonds. The second-order valence-electron chi connectivity index (χ2n) is 5.51. The molecule has 1 aliphatic rings. The predicted octanol–water partition coefficient (Wildman–Crippen LogP) is 3.67. The van der Waals surface area contributed by atoms with Crippen LogP contribution < -0.4 is 5.32 Å². The number of nitrogens with one attached hydrogen (secondary N) is 1. The summed E-state index contributed by atoms with van der Waals surface area (Å²) in [7, 11) is 2.11. The molecule has 1 nitrogen and oxygen atoms in total. The standard InChI is InChI=1S/C16H25NS2/c1-11-7-12(2)9-14(8-11)10-15(17-4)16-13(3)18-5-6-19-16/h7-9,13,15-17H,5-6,10H2,1-4H3. The van der Waals surface area contributed by atoms with Gasteiger partial charge in [0.1, 0.15) is 0 Å².